The highest BCUT2D eigenvalue weighted by molar-refractivity contribution is 7.99. The number of nitrogens with zero attached hydrogens (tertiary/aromatic N) is 5. The Balaban J connectivity index is 1.58. The van der Waals surface area contributed by atoms with Gasteiger partial charge in [-0.3, -0.25) is 4.57 Å². The molecule has 4 aromatic rings. The number of hydrogen-bond acceptors (Lipinski definition) is 8. The summed E-state index contributed by atoms with van der Waals surface area (Å²) >= 11 is 3.06. The van der Waals surface area contributed by atoms with Gasteiger partial charge in [0, 0.05) is 0 Å². The Morgan fingerprint density at radius 3 is 2.85 bits per heavy atom. The topological polar surface area (TPSA) is 78.9 Å². The van der Waals surface area contributed by atoms with E-state index in [-0.39, 0.29) is 5.25 Å². The van der Waals surface area contributed by atoms with Gasteiger partial charge in [0.2, 0.25) is 5.89 Å². The van der Waals surface area contributed by atoms with Crippen LogP contribution in [0.15, 0.2) is 57.7 Å². The minimum Gasteiger partial charge on any atom is -0.495 e. The lowest BCUT2D eigenvalue weighted by molar-refractivity contribution is 0.412. The van der Waals surface area contributed by atoms with Gasteiger partial charge in [-0.2, -0.15) is 0 Å². The van der Waals surface area contributed by atoms with Crippen LogP contribution in [0.4, 0.5) is 0 Å². The van der Waals surface area contributed by atoms with Crippen LogP contribution >= 0.6 is 23.1 Å². The summed E-state index contributed by atoms with van der Waals surface area (Å²) in [6.45, 7) is 2.00. The second-order valence-corrected chi connectivity index (χ2v) is 7.59. The van der Waals surface area contributed by atoms with E-state index in [1.54, 1.807) is 24.8 Å². The summed E-state index contributed by atoms with van der Waals surface area (Å²) in [5.41, 5.74) is 0.875. The number of rotatable bonds is 6. The quantitative estimate of drug-likeness (QED) is 0.459. The predicted octanol–water partition coefficient (Wildman–Crippen LogP) is 4.24. The fourth-order valence-electron chi connectivity index (χ4n) is 2.41. The molecule has 1 unspecified atom stereocenters. The van der Waals surface area contributed by atoms with Crippen molar-refractivity contribution in [2.24, 2.45) is 0 Å². The van der Waals surface area contributed by atoms with Gasteiger partial charge in [-0.15, -0.1) is 31.7 Å². The van der Waals surface area contributed by atoms with Gasteiger partial charge in [-0.05, 0) is 30.5 Å². The fourth-order valence-corrected chi connectivity index (χ4v) is 3.92. The van der Waals surface area contributed by atoms with Crippen molar-refractivity contribution in [1.82, 2.24) is 25.0 Å². The summed E-state index contributed by atoms with van der Waals surface area (Å²) in [6, 6.07) is 11.6. The van der Waals surface area contributed by atoms with E-state index in [1.807, 2.05) is 53.3 Å². The molecule has 0 spiro atoms. The van der Waals surface area contributed by atoms with E-state index in [4.69, 9.17) is 9.15 Å². The molecule has 3 heterocycles. The van der Waals surface area contributed by atoms with Gasteiger partial charge in [0.15, 0.2) is 5.16 Å². The first-order valence-corrected chi connectivity index (χ1v) is 9.59. The monoisotopic (exact) mass is 385 g/mol. The van der Waals surface area contributed by atoms with Crippen molar-refractivity contribution >= 4 is 23.1 Å². The zero-order valence-electron chi connectivity index (χ0n) is 14.1. The summed E-state index contributed by atoms with van der Waals surface area (Å²) in [7, 11) is 1.64. The number of methoxy groups -OCH3 is 1. The minimum atomic E-state index is -0.0751. The van der Waals surface area contributed by atoms with Gasteiger partial charge in [0.05, 0.1) is 22.9 Å². The molecular formula is C17H15N5O2S2. The van der Waals surface area contributed by atoms with Crippen LogP contribution in [0.25, 0.3) is 16.5 Å². The summed E-state index contributed by atoms with van der Waals surface area (Å²) in [6.07, 6.45) is 1.66. The van der Waals surface area contributed by atoms with Crippen LogP contribution < -0.4 is 4.74 Å². The van der Waals surface area contributed by atoms with E-state index < -0.39 is 0 Å². The molecule has 0 bridgehead atoms. The van der Waals surface area contributed by atoms with E-state index in [0.717, 1.165) is 21.5 Å². The van der Waals surface area contributed by atoms with Crippen LogP contribution in [0.3, 0.4) is 0 Å². The molecule has 0 N–H and O–H groups in total. The Morgan fingerprint density at radius 2 is 2.04 bits per heavy atom. The summed E-state index contributed by atoms with van der Waals surface area (Å²) in [5.74, 6) is 1.83. The van der Waals surface area contributed by atoms with E-state index in [0.29, 0.717) is 11.8 Å². The molecule has 26 heavy (non-hydrogen) atoms. The lowest BCUT2D eigenvalue weighted by atomic mass is 10.3. The molecule has 0 aliphatic carbocycles. The third kappa shape index (κ3) is 3.23. The molecule has 0 aliphatic rings. The largest absolute Gasteiger partial charge is 0.495 e. The zero-order valence-corrected chi connectivity index (χ0v) is 15.7. The second kappa shape index (κ2) is 7.30. The van der Waals surface area contributed by atoms with Crippen LogP contribution in [0.1, 0.15) is 18.1 Å². The smallest absolute Gasteiger partial charge is 0.257 e. The van der Waals surface area contributed by atoms with Crippen molar-refractivity contribution < 1.29 is 9.15 Å². The predicted molar refractivity (Wildman–Crippen MR) is 99.8 cm³/mol. The molecule has 4 rings (SSSR count). The first kappa shape index (κ1) is 16.8. The van der Waals surface area contributed by atoms with Crippen molar-refractivity contribution in [3.05, 3.63) is 54.0 Å². The van der Waals surface area contributed by atoms with Gasteiger partial charge in [0.25, 0.3) is 5.89 Å². The Hall–Kier alpha value is -2.65. The maximum atomic E-state index is 5.81. The molecule has 0 amide bonds. The molecule has 0 saturated heterocycles. The highest BCUT2D eigenvalue weighted by atomic mass is 32.2. The molecule has 0 radical (unpaired) electrons. The number of aromatic nitrogens is 5. The maximum Gasteiger partial charge on any atom is 0.257 e. The Kier molecular flexibility index (Phi) is 4.72. The molecule has 3 aromatic heterocycles. The average molecular weight is 385 g/mol. The van der Waals surface area contributed by atoms with Crippen molar-refractivity contribution in [2.75, 3.05) is 7.11 Å². The van der Waals surface area contributed by atoms with Gasteiger partial charge < -0.3 is 9.15 Å². The molecule has 1 atom stereocenters. The Bertz CT molecular complexity index is 996. The first-order chi connectivity index (χ1) is 12.8. The summed E-state index contributed by atoms with van der Waals surface area (Å²) in [5, 5.41) is 19.2. The summed E-state index contributed by atoms with van der Waals surface area (Å²) < 4.78 is 13.1. The molecule has 7 nitrogen and oxygen atoms in total. The number of thiophene rings is 1. The molecule has 9 heteroatoms. The average Bonchev–Trinajstić information content (AvgIpc) is 3.41. The van der Waals surface area contributed by atoms with Crippen molar-refractivity contribution in [2.45, 2.75) is 17.3 Å². The van der Waals surface area contributed by atoms with Crippen LogP contribution in [0.5, 0.6) is 5.75 Å². The van der Waals surface area contributed by atoms with E-state index in [9.17, 15) is 0 Å². The van der Waals surface area contributed by atoms with E-state index >= 15 is 0 Å². The number of para-hydroxylation sites is 2. The number of thioether (sulfide) groups is 1. The molecule has 0 aliphatic heterocycles. The first-order valence-electron chi connectivity index (χ1n) is 7.83. The van der Waals surface area contributed by atoms with Gasteiger partial charge in [-0.1, -0.05) is 30.0 Å². The van der Waals surface area contributed by atoms with Crippen molar-refractivity contribution in [3.8, 4) is 22.2 Å². The standard InChI is InChI=1S/C17H15N5O2S2/c1-11(15-19-20-16(24-15)14-8-5-9-25-14)26-17-21-18-10-22(17)12-6-3-4-7-13(12)23-2/h3-11H,1-2H3. The van der Waals surface area contributed by atoms with Gasteiger partial charge >= 0.3 is 0 Å². The van der Waals surface area contributed by atoms with Gasteiger partial charge in [-0.25, -0.2) is 0 Å². The fraction of sp³-hybridized carbons (Fsp3) is 0.176. The number of benzene rings is 1. The van der Waals surface area contributed by atoms with Crippen LogP contribution in [0.2, 0.25) is 0 Å². The Morgan fingerprint density at radius 1 is 1.15 bits per heavy atom. The SMILES string of the molecule is COc1ccccc1-n1cnnc1SC(C)c1nnc(-c2cccs2)o1. The molecular weight excluding hydrogens is 370 g/mol. The molecule has 0 fully saturated rings. The molecule has 0 saturated carbocycles. The lowest BCUT2D eigenvalue weighted by Crippen LogP contribution is -2.00. The van der Waals surface area contributed by atoms with Gasteiger partial charge in [0.1, 0.15) is 12.1 Å². The lowest BCUT2D eigenvalue weighted by Gasteiger charge is -2.11. The second-order valence-electron chi connectivity index (χ2n) is 5.34. The van der Waals surface area contributed by atoms with Crippen LogP contribution in [-0.2, 0) is 0 Å². The maximum absolute atomic E-state index is 5.81. The normalized spacial score (nSPS) is 12.2. The number of hydrogen-bond donors (Lipinski definition) is 0. The summed E-state index contributed by atoms with van der Waals surface area (Å²) in [4.78, 5) is 0.957. The molecule has 132 valence electrons. The van der Waals surface area contributed by atoms with Crippen LogP contribution in [0, 0.1) is 0 Å². The molecule has 1 aromatic carbocycles. The van der Waals surface area contributed by atoms with E-state index in [1.165, 1.54) is 11.8 Å². The van der Waals surface area contributed by atoms with Crippen molar-refractivity contribution in [1.29, 1.82) is 0 Å². The zero-order chi connectivity index (χ0) is 17.9. The van der Waals surface area contributed by atoms with Crippen LogP contribution in [-0.4, -0.2) is 32.1 Å². The third-order valence-electron chi connectivity index (χ3n) is 3.66. The minimum absolute atomic E-state index is 0.0751. The third-order valence-corrected chi connectivity index (χ3v) is 5.57. The highest BCUT2D eigenvalue weighted by Gasteiger charge is 2.20. The number of ether oxygens (including phenoxy) is 1. The van der Waals surface area contributed by atoms with Crippen molar-refractivity contribution in [3.63, 3.8) is 0 Å². The Labute approximate surface area is 158 Å². The highest BCUT2D eigenvalue weighted by Crippen LogP contribution is 2.36. The van der Waals surface area contributed by atoms with E-state index in [2.05, 4.69) is 20.4 Å².